The second kappa shape index (κ2) is 8.21. The number of methoxy groups -OCH3 is 2. The summed E-state index contributed by atoms with van der Waals surface area (Å²) in [6.07, 6.45) is 3.37. The van der Waals surface area contributed by atoms with Gasteiger partial charge in [-0.05, 0) is 35.7 Å². The number of pyridine rings is 2. The monoisotopic (exact) mass is 386 g/mol. The summed E-state index contributed by atoms with van der Waals surface area (Å²) in [5.74, 6) is 1.33. The van der Waals surface area contributed by atoms with Crippen LogP contribution in [0.2, 0.25) is 10.2 Å². The van der Waals surface area contributed by atoms with Crippen molar-refractivity contribution in [2.75, 3.05) is 14.2 Å². The molecule has 0 bridgehead atoms. The molecule has 26 heavy (non-hydrogen) atoms. The van der Waals surface area contributed by atoms with Crippen LogP contribution in [0.4, 0.5) is 0 Å². The fraction of sp³-hybridized carbons (Fsp3) is 0.100. The molecule has 0 atom stereocenters. The molecule has 0 aliphatic heterocycles. The summed E-state index contributed by atoms with van der Waals surface area (Å²) in [5.41, 5.74) is 0. The van der Waals surface area contributed by atoms with Gasteiger partial charge in [-0.1, -0.05) is 41.4 Å². The maximum Gasteiger partial charge on any atom is 0.221 e. The quantitative estimate of drug-likeness (QED) is 0.408. The highest BCUT2D eigenvalue weighted by molar-refractivity contribution is 6.39. The van der Waals surface area contributed by atoms with Crippen molar-refractivity contribution in [3.8, 4) is 11.6 Å². The second-order valence-corrected chi connectivity index (χ2v) is 6.06. The molecule has 0 unspecified atom stereocenters. The van der Waals surface area contributed by atoms with Gasteiger partial charge in [0.2, 0.25) is 5.88 Å². The zero-order valence-corrected chi connectivity index (χ0v) is 15.8. The molecular formula is C20H16Cl2N2O2. The standard InChI is InChI=1S/C10H7Cl2NO.C10H9NO/c1-14-8-3-2-7-6(9(8)11)4-5-13-10(7)12;1-12-10-9-5-3-2-4-8(9)6-7-11-10/h2-5H,1H3;2-7H,1H3. The van der Waals surface area contributed by atoms with Gasteiger partial charge in [-0.3, -0.25) is 0 Å². The third kappa shape index (κ3) is 3.66. The predicted molar refractivity (Wildman–Crippen MR) is 107 cm³/mol. The number of aromatic nitrogens is 2. The van der Waals surface area contributed by atoms with Gasteiger partial charge in [-0.15, -0.1) is 0 Å². The molecule has 4 rings (SSSR count). The Morgan fingerprint density at radius 1 is 0.731 bits per heavy atom. The molecule has 0 aliphatic carbocycles. The fourth-order valence-corrected chi connectivity index (χ4v) is 3.10. The smallest absolute Gasteiger partial charge is 0.221 e. The Morgan fingerprint density at radius 3 is 2.27 bits per heavy atom. The zero-order chi connectivity index (χ0) is 18.5. The highest BCUT2D eigenvalue weighted by atomic mass is 35.5. The number of nitrogens with zero attached hydrogens (tertiary/aromatic N) is 2. The number of fused-ring (bicyclic) bond motifs is 2. The largest absolute Gasteiger partial charge is 0.495 e. The van der Waals surface area contributed by atoms with Gasteiger partial charge in [-0.25, -0.2) is 9.97 Å². The van der Waals surface area contributed by atoms with E-state index in [1.54, 1.807) is 32.7 Å². The first-order valence-electron chi connectivity index (χ1n) is 7.80. The summed E-state index contributed by atoms with van der Waals surface area (Å²) in [6.45, 7) is 0. The van der Waals surface area contributed by atoms with Crippen molar-refractivity contribution < 1.29 is 9.47 Å². The second-order valence-electron chi connectivity index (χ2n) is 5.32. The van der Waals surface area contributed by atoms with Crippen molar-refractivity contribution in [2.24, 2.45) is 0 Å². The molecule has 0 N–H and O–H groups in total. The molecule has 0 amide bonds. The molecule has 0 saturated carbocycles. The average Bonchev–Trinajstić information content (AvgIpc) is 2.69. The molecule has 4 aromatic rings. The molecule has 2 heterocycles. The maximum absolute atomic E-state index is 6.10. The van der Waals surface area contributed by atoms with Crippen molar-refractivity contribution in [2.45, 2.75) is 0 Å². The van der Waals surface area contributed by atoms with Crippen LogP contribution in [0.1, 0.15) is 0 Å². The van der Waals surface area contributed by atoms with Crippen LogP contribution in [0.3, 0.4) is 0 Å². The van der Waals surface area contributed by atoms with E-state index in [1.165, 1.54) is 0 Å². The van der Waals surface area contributed by atoms with Gasteiger partial charge in [0.1, 0.15) is 10.9 Å². The lowest BCUT2D eigenvalue weighted by molar-refractivity contribution is 0.403. The van der Waals surface area contributed by atoms with E-state index in [1.807, 2.05) is 42.5 Å². The number of ether oxygens (including phenoxy) is 2. The zero-order valence-electron chi connectivity index (χ0n) is 14.2. The lowest BCUT2D eigenvalue weighted by Gasteiger charge is -2.06. The Labute approximate surface area is 161 Å². The number of hydrogen-bond acceptors (Lipinski definition) is 4. The summed E-state index contributed by atoms with van der Waals surface area (Å²) in [7, 11) is 3.21. The van der Waals surface area contributed by atoms with Crippen LogP contribution in [-0.4, -0.2) is 24.2 Å². The van der Waals surface area contributed by atoms with Gasteiger partial charge in [-0.2, -0.15) is 0 Å². The summed E-state index contributed by atoms with van der Waals surface area (Å²) in [6, 6.07) is 15.4. The number of benzene rings is 2. The molecular weight excluding hydrogens is 371 g/mol. The van der Waals surface area contributed by atoms with Gasteiger partial charge < -0.3 is 9.47 Å². The molecule has 0 spiro atoms. The Bertz CT molecular complexity index is 1050. The molecule has 6 heteroatoms. The Kier molecular flexibility index (Phi) is 5.76. The van der Waals surface area contributed by atoms with Crippen LogP contribution in [-0.2, 0) is 0 Å². The van der Waals surface area contributed by atoms with Gasteiger partial charge in [0.15, 0.2) is 0 Å². The van der Waals surface area contributed by atoms with E-state index in [0.717, 1.165) is 21.5 Å². The Balaban J connectivity index is 0.000000152. The number of hydrogen-bond donors (Lipinski definition) is 0. The van der Waals surface area contributed by atoms with Crippen LogP contribution in [0.25, 0.3) is 21.5 Å². The lowest BCUT2D eigenvalue weighted by atomic mass is 10.2. The summed E-state index contributed by atoms with van der Waals surface area (Å²) in [5, 5.41) is 4.92. The molecule has 4 nitrogen and oxygen atoms in total. The third-order valence-corrected chi connectivity index (χ3v) is 4.54. The van der Waals surface area contributed by atoms with Crippen LogP contribution < -0.4 is 9.47 Å². The van der Waals surface area contributed by atoms with Crippen molar-refractivity contribution >= 4 is 44.7 Å². The minimum absolute atomic E-state index is 0.451. The third-order valence-electron chi connectivity index (χ3n) is 3.85. The first-order chi connectivity index (χ1) is 12.7. The minimum Gasteiger partial charge on any atom is -0.495 e. The van der Waals surface area contributed by atoms with Crippen LogP contribution >= 0.6 is 23.2 Å². The molecule has 0 aliphatic rings. The van der Waals surface area contributed by atoms with Crippen molar-refractivity contribution in [3.63, 3.8) is 0 Å². The molecule has 0 radical (unpaired) electrons. The normalized spacial score (nSPS) is 10.3. The average molecular weight is 387 g/mol. The highest BCUT2D eigenvalue weighted by Crippen LogP contribution is 2.34. The van der Waals surface area contributed by atoms with Crippen molar-refractivity contribution in [3.05, 3.63) is 71.1 Å². The summed E-state index contributed by atoms with van der Waals surface area (Å²) < 4.78 is 10.2. The van der Waals surface area contributed by atoms with E-state index in [9.17, 15) is 0 Å². The van der Waals surface area contributed by atoms with Crippen LogP contribution in [0.15, 0.2) is 60.9 Å². The van der Waals surface area contributed by atoms with Gasteiger partial charge in [0, 0.05) is 28.6 Å². The van der Waals surface area contributed by atoms with E-state index < -0.39 is 0 Å². The van der Waals surface area contributed by atoms with Gasteiger partial charge in [0.05, 0.1) is 19.2 Å². The summed E-state index contributed by atoms with van der Waals surface area (Å²) in [4.78, 5) is 8.07. The van der Waals surface area contributed by atoms with E-state index in [4.69, 9.17) is 32.7 Å². The Morgan fingerprint density at radius 2 is 1.50 bits per heavy atom. The number of rotatable bonds is 2. The lowest BCUT2D eigenvalue weighted by Crippen LogP contribution is -1.87. The first-order valence-corrected chi connectivity index (χ1v) is 8.55. The SMILES string of the molecule is COc1ccc2c(Cl)nccc2c1Cl.COc1nccc2ccccc12. The highest BCUT2D eigenvalue weighted by Gasteiger charge is 2.07. The van der Waals surface area contributed by atoms with Gasteiger partial charge >= 0.3 is 0 Å². The maximum atomic E-state index is 6.10. The molecule has 0 saturated heterocycles. The van der Waals surface area contributed by atoms with E-state index in [0.29, 0.717) is 21.8 Å². The van der Waals surface area contributed by atoms with E-state index in [2.05, 4.69) is 9.97 Å². The summed E-state index contributed by atoms with van der Waals surface area (Å²) >= 11 is 12.0. The molecule has 132 valence electrons. The van der Waals surface area contributed by atoms with Crippen LogP contribution in [0.5, 0.6) is 11.6 Å². The van der Waals surface area contributed by atoms with E-state index >= 15 is 0 Å². The van der Waals surface area contributed by atoms with E-state index in [-0.39, 0.29) is 0 Å². The fourth-order valence-electron chi connectivity index (χ4n) is 2.57. The first kappa shape index (κ1) is 18.2. The van der Waals surface area contributed by atoms with Crippen molar-refractivity contribution in [1.29, 1.82) is 0 Å². The van der Waals surface area contributed by atoms with Crippen LogP contribution in [0, 0.1) is 0 Å². The Hall–Kier alpha value is -2.56. The number of halogens is 2. The predicted octanol–water partition coefficient (Wildman–Crippen LogP) is 5.79. The molecule has 2 aromatic carbocycles. The topological polar surface area (TPSA) is 44.2 Å². The van der Waals surface area contributed by atoms with Gasteiger partial charge in [0.25, 0.3) is 0 Å². The molecule has 0 fully saturated rings. The van der Waals surface area contributed by atoms with Crippen molar-refractivity contribution in [1.82, 2.24) is 9.97 Å². The molecule has 2 aromatic heterocycles. The minimum atomic E-state index is 0.451.